The Kier molecular flexibility index (Phi) is 9.55. The van der Waals surface area contributed by atoms with Crippen LogP contribution in [0.4, 0.5) is 0 Å². The van der Waals surface area contributed by atoms with Gasteiger partial charge in [0.1, 0.15) is 6.10 Å². The lowest BCUT2D eigenvalue weighted by atomic mass is 10.1. The van der Waals surface area contributed by atoms with Crippen LogP contribution in [0.5, 0.6) is 0 Å². The van der Waals surface area contributed by atoms with Crippen LogP contribution in [0, 0.1) is 0 Å². The summed E-state index contributed by atoms with van der Waals surface area (Å²) in [7, 11) is 0. The molecule has 0 aliphatic carbocycles. The molecule has 0 heterocycles. The van der Waals surface area contributed by atoms with E-state index in [-0.39, 0.29) is 19.0 Å². The van der Waals surface area contributed by atoms with Crippen LogP contribution in [0.25, 0.3) is 0 Å². The second-order valence-electron chi connectivity index (χ2n) is 6.20. The maximum atomic E-state index is 11.7. The summed E-state index contributed by atoms with van der Waals surface area (Å²) in [5, 5.41) is 9.82. The van der Waals surface area contributed by atoms with E-state index >= 15 is 0 Å². The molecule has 2 aromatic rings. The van der Waals surface area contributed by atoms with Gasteiger partial charge in [0.25, 0.3) is 0 Å². The highest BCUT2D eigenvalue weighted by Gasteiger charge is 2.24. The number of carbonyl (C=O) groups excluding carboxylic acids is 1. The number of rotatable bonds is 12. The minimum atomic E-state index is -0.525. The van der Waals surface area contributed by atoms with Gasteiger partial charge in [-0.2, -0.15) is 0 Å². The Morgan fingerprint density at radius 2 is 1.41 bits per heavy atom. The van der Waals surface area contributed by atoms with E-state index in [4.69, 9.17) is 14.2 Å². The van der Waals surface area contributed by atoms with Gasteiger partial charge in [-0.25, -0.2) is 0 Å². The lowest BCUT2D eigenvalue weighted by molar-refractivity contribution is -0.146. The second kappa shape index (κ2) is 12.2. The number of esters is 1. The molecule has 0 saturated carbocycles. The normalized spacial score (nSPS) is 13.1. The Bertz CT molecular complexity index is 644. The monoisotopic (exact) mass is 372 g/mol. The molecule has 0 aliphatic heterocycles. The minimum Gasteiger partial charge on any atom is -0.466 e. The molecule has 0 spiro atoms. The van der Waals surface area contributed by atoms with Gasteiger partial charge in [0.15, 0.2) is 0 Å². The quantitative estimate of drug-likeness (QED) is 0.578. The van der Waals surface area contributed by atoms with Crippen LogP contribution < -0.4 is 0 Å². The first-order valence-corrected chi connectivity index (χ1v) is 9.30. The van der Waals surface area contributed by atoms with Crippen molar-refractivity contribution in [2.45, 2.75) is 45.2 Å². The van der Waals surface area contributed by atoms with Crippen molar-refractivity contribution in [2.75, 3.05) is 13.2 Å². The van der Waals surface area contributed by atoms with Gasteiger partial charge in [-0.15, -0.1) is 0 Å². The van der Waals surface area contributed by atoms with Crippen LogP contribution in [0.1, 0.15) is 30.9 Å². The third kappa shape index (κ3) is 7.91. The van der Waals surface area contributed by atoms with Crippen molar-refractivity contribution in [3.05, 3.63) is 71.8 Å². The highest BCUT2D eigenvalue weighted by Crippen LogP contribution is 2.16. The maximum Gasteiger partial charge on any atom is 0.305 e. The molecule has 0 fully saturated rings. The van der Waals surface area contributed by atoms with E-state index in [1.807, 2.05) is 60.7 Å². The third-order valence-corrected chi connectivity index (χ3v) is 4.15. The van der Waals surface area contributed by atoms with Gasteiger partial charge in [-0.3, -0.25) is 4.79 Å². The third-order valence-electron chi connectivity index (χ3n) is 4.15. The summed E-state index contributed by atoms with van der Waals surface area (Å²) >= 11 is 0. The van der Waals surface area contributed by atoms with Crippen molar-refractivity contribution in [2.24, 2.45) is 0 Å². The average molecular weight is 372 g/mol. The van der Waals surface area contributed by atoms with E-state index in [0.29, 0.717) is 26.2 Å². The zero-order chi connectivity index (χ0) is 19.3. The number of ether oxygens (including phenoxy) is 3. The first-order valence-electron chi connectivity index (χ1n) is 9.30. The standard InChI is InChI=1S/C22H28O5/c1-2-25-22(24)14-13-20(26-16-18-9-5-3-6-10-18)21(15-23)27-17-19-11-7-4-8-12-19/h3-12,20-21,23H,2,13-17H2,1H3/t20-,21+/m0/s1. The largest absolute Gasteiger partial charge is 0.466 e. The number of benzene rings is 2. The van der Waals surface area contributed by atoms with Gasteiger partial charge in [0.05, 0.1) is 32.5 Å². The summed E-state index contributed by atoms with van der Waals surface area (Å²) in [5.41, 5.74) is 2.04. The summed E-state index contributed by atoms with van der Waals surface area (Å²) in [5.74, 6) is -0.273. The van der Waals surface area contributed by atoms with Gasteiger partial charge in [0, 0.05) is 6.42 Å². The molecule has 27 heavy (non-hydrogen) atoms. The molecule has 0 unspecified atom stereocenters. The molecule has 0 bridgehead atoms. The highest BCUT2D eigenvalue weighted by molar-refractivity contribution is 5.69. The Balaban J connectivity index is 1.96. The summed E-state index contributed by atoms with van der Waals surface area (Å²) in [6.45, 7) is 2.70. The molecule has 0 radical (unpaired) electrons. The van der Waals surface area contributed by atoms with Crippen LogP contribution in [0.2, 0.25) is 0 Å². The average Bonchev–Trinajstić information content (AvgIpc) is 2.71. The molecule has 5 heteroatoms. The first kappa shape index (κ1) is 21.1. The molecule has 146 valence electrons. The molecule has 2 rings (SSSR count). The fraction of sp³-hybridized carbons (Fsp3) is 0.409. The smallest absolute Gasteiger partial charge is 0.305 e. The van der Waals surface area contributed by atoms with Crippen molar-refractivity contribution in [1.82, 2.24) is 0 Å². The molecule has 0 aliphatic rings. The summed E-state index contributed by atoms with van der Waals surface area (Å²) in [4.78, 5) is 11.7. The van der Waals surface area contributed by atoms with E-state index < -0.39 is 12.2 Å². The van der Waals surface area contributed by atoms with Crippen LogP contribution in [-0.4, -0.2) is 36.5 Å². The molecule has 2 atom stereocenters. The van der Waals surface area contributed by atoms with E-state index in [2.05, 4.69) is 0 Å². The SMILES string of the molecule is CCOC(=O)CC[C@H](OCc1ccccc1)[C@@H](CO)OCc1ccccc1. The lowest BCUT2D eigenvalue weighted by Crippen LogP contribution is -2.35. The van der Waals surface area contributed by atoms with Gasteiger partial charge in [0.2, 0.25) is 0 Å². The fourth-order valence-electron chi connectivity index (χ4n) is 2.70. The van der Waals surface area contributed by atoms with Gasteiger partial charge in [-0.1, -0.05) is 60.7 Å². The van der Waals surface area contributed by atoms with Gasteiger partial charge >= 0.3 is 5.97 Å². The van der Waals surface area contributed by atoms with Crippen LogP contribution in [0.15, 0.2) is 60.7 Å². The number of carbonyl (C=O) groups is 1. The van der Waals surface area contributed by atoms with Crippen molar-refractivity contribution in [1.29, 1.82) is 0 Å². The molecular formula is C22H28O5. The summed E-state index contributed by atoms with van der Waals surface area (Å²) in [6.07, 6.45) is -0.295. The van der Waals surface area contributed by atoms with Crippen LogP contribution in [-0.2, 0) is 32.2 Å². The minimum absolute atomic E-state index is 0.185. The zero-order valence-electron chi connectivity index (χ0n) is 15.8. The Morgan fingerprint density at radius 3 is 1.89 bits per heavy atom. The maximum absolute atomic E-state index is 11.7. The number of aliphatic hydroxyl groups excluding tert-OH is 1. The summed E-state index contributed by atoms with van der Waals surface area (Å²) < 4.78 is 16.9. The topological polar surface area (TPSA) is 65.0 Å². The van der Waals surface area contributed by atoms with Gasteiger partial charge < -0.3 is 19.3 Å². The lowest BCUT2D eigenvalue weighted by Gasteiger charge is -2.26. The molecule has 5 nitrogen and oxygen atoms in total. The Labute approximate surface area is 160 Å². The van der Waals surface area contributed by atoms with E-state index in [1.54, 1.807) is 6.92 Å². The molecule has 0 amide bonds. The molecule has 2 aromatic carbocycles. The van der Waals surface area contributed by atoms with E-state index in [9.17, 15) is 9.90 Å². The van der Waals surface area contributed by atoms with Crippen LogP contribution >= 0.6 is 0 Å². The predicted molar refractivity (Wildman–Crippen MR) is 103 cm³/mol. The highest BCUT2D eigenvalue weighted by atomic mass is 16.5. The summed E-state index contributed by atoms with van der Waals surface area (Å²) in [6, 6.07) is 19.5. The molecule has 0 saturated heterocycles. The molecular weight excluding hydrogens is 344 g/mol. The van der Waals surface area contributed by atoms with Crippen molar-refractivity contribution >= 4 is 5.97 Å². The van der Waals surface area contributed by atoms with Gasteiger partial charge in [-0.05, 0) is 24.5 Å². The Hall–Kier alpha value is -2.21. The predicted octanol–water partition coefficient (Wildman–Crippen LogP) is 3.49. The molecule has 0 aromatic heterocycles. The number of hydrogen-bond acceptors (Lipinski definition) is 5. The Morgan fingerprint density at radius 1 is 0.889 bits per heavy atom. The van der Waals surface area contributed by atoms with E-state index in [1.165, 1.54) is 0 Å². The molecule has 1 N–H and O–H groups in total. The van der Waals surface area contributed by atoms with Crippen molar-refractivity contribution in [3.63, 3.8) is 0 Å². The van der Waals surface area contributed by atoms with Crippen molar-refractivity contribution in [3.8, 4) is 0 Å². The van der Waals surface area contributed by atoms with E-state index in [0.717, 1.165) is 11.1 Å². The van der Waals surface area contributed by atoms with Crippen LogP contribution in [0.3, 0.4) is 0 Å². The number of hydrogen-bond donors (Lipinski definition) is 1. The second-order valence-corrected chi connectivity index (χ2v) is 6.20. The zero-order valence-corrected chi connectivity index (χ0v) is 15.8. The van der Waals surface area contributed by atoms with Crippen molar-refractivity contribution < 1.29 is 24.1 Å². The first-order chi connectivity index (χ1) is 13.2. The number of aliphatic hydroxyl groups is 1. The fourth-order valence-corrected chi connectivity index (χ4v) is 2.70.